The molecule has 0 aliphatic heterocycles. The molecular weight excluding hydrogens is 383 g/mol. The molecule has 29 heavy (non-hydrogen) atoms. The maximum atomic E-state index is 14.5. The van der Waals surface area contributed by atoms with Gasteiger partial charge in [0.2, 0.25) is 0 Å². The standard InChI is InChI=1S/C23H17FN4S/c1-16-10-12-19(13-11-16)28-22(20-8-4-5-9-21(20)24)26-27-23(28)29-15-18-7-3-2-6-17(18)14-25/h2-13H,15H2,1H3. The van der Waals surface area contributed by atoms with E-state index in [0.717, 1.165) is 16.8 Å². The van der Waals surface area contributed by atoms with Gasteiger partial charge >= 0.3 is 0 Å². The zero-order valence-electron chi connectivity index (χ0n) is 15.7. The molecule has 1 aromatic heterocycles. The fourth-order valence-corrected chi connectivity index (χ4v) is 3.96. The molecule has 6 heteroatoms. The molecule has 0 saturated heterocycles. The summed E-state index contributed by atoms with van der Waals surface area (Å²) < 4.78 is 16.3. The first-order valence-electron chi connectivity index (χ1n) is 9.05. The minimum absolute atomic E-state index is 0.348. The van der Waals surface area contributed by atoms with Crippen LogP contribution < -0.4 is 0 Å². The Balaban J connectivity index is 1.77. The van der Waals surface area contributed by atoms with Crippen molar-refractivity contribution in [2.75, 3.05) is 0 Å². The summed E-state index contributed by atoms with van der Waals surface area (Å²) >= 11 is 1.47. The summed E-state index contributed by atoms with van der Waals surface area (Å²) in [4.78, 5) is 0. The molecule has 3 aromatic carbocycles. The lowest BCUT2D eigenvalue weighted by atomic mass is 10.1. The summed E-state index contributed by atoms with van der Waals surface area (Å²) in [6.45, 7) is 2.02. The minimum atomic E-state index is -0.348. The Labute approximate surface area is 172 Å². The van der Waals surface area contributed by atoms with Gasteiger partial charge in [-0.05, 0) is 42.8 Å². The van der Waals surface area contributed by atoms with Crippen molar-refractivity contribution in [1.29, 1.82) is 5.26 Å². The molecule has 0 spiro atoms. The van der Waals surface area contributed by atoms with Crippen molar-refractivity contribution in [3.63, 3.8) is 0 Å². The first kappa shape index (κ1) is 18.9. The number of halogens is 1. The van der Waals surface area contributed by atoms with Crippen LogP contribution >= 0.6 is 11.8 Å². The molecule has 0 amide bonds. The molecule has 1 heterocycles. The van der Waals surface area contributed by atoms with E-state index in [2.05, 4.69) is 16.3 Å². The fourth-order valence-electron chi connectivity index (χ4n) is 3.00. The van der Waals surface area contributed by atoms with Crippen molar-refractivity contribution in [1.82, 2.24) is 14.8 Å². The van der Waals surface area contributed by atoms with Gasteiger partial charge in [0, 0.05) is 11.4 Å². The number of hydrogen-bond acceptors (Lipinski definition) is 4. The van der Waals surface area contributed by atoms with Crippen molar-refractivity contribution >= 4 is 11.8 Å². The quantitative estimate of drug-likeness (QED) is 0.412. The van der Waals surface area contributed by atoms with Crippen LogP contribution in [0.4, 0.5) is 4.39 Å². The Morgan fingerprint density at radius 3 is 2.45 bits per heavy atom. The number of thioether (sulfide) groups is 1. The van der Waals surface area contributed by atoms with Crippen molar-refractivity contribution in [3.8, 4) is 23.1 Å². The molecule has 0 unspecified atom stereocenters. The molecule has 0 aliphatic carbocycles. The van der Waals surface area contributed by atoms with Crippen LogP contribution in [0.2, 0.25) is 0 Å². The van der Waals surface area contributed by atoms with E-state index >= 15 is 0 Å². The van der Waals surface area contributed by atoms with Crippen LogP contribution in [-0.2, 0) is 5.75 Å². The summed E-state index contributed by atoms with van der Waals surface area (Å²) in [5, 5.41) is 18.6. The highest BCUT2D eigenvalue weighted by Crippen LogP contribution is 2.31. The number of nitrogens with zero attached hydrogens (tertiary/aromatic N) is 4. The highest BCUT2D eigenvalue weighted by Gasteiger charge is 2.19. The van der Waals surface area contributed by atoms with Crippen LogP contribution in [-0.4, -0.2) is 14.8 Å². The third kappa shape index (κ3) is 3.91. The van der Waals surface area contributed by atoms with Crippen LogP contribution in [0.15, 0.2) is 78.0 Å². The summed E-state index contributed by atoms with van der Waals surface area (Å²) in [5.74, 6) is 0.660. The number of rotatable bonds is 5. The number of hydrogen-bond donors (Lipinski definition) is 0. The van der Waals surface area contributed by atoms with Gasteiger partial charge in [0.05, 0.1) is 17.2 Å². The van der Waals surface area contributed by atoms with Crippen LogP contribution in [0, 0.1) is 24.1 Å². The third-order valence-electron chi connectivity index (χ3n) is 4.53. The van der Waals surface area contributed by atoms with E-state index < -0.39 is 0 Å². The molecule has 4 nitrogen and oxygen atoms in total. The average molecular weight is 400 g/mol. The molecule has 4 rings (SSSR count). The number of aromatic nitrogens is 3. The first-order chi connectivity index (χ1) is 14.2. The van der Waals surface area contributed by atoms with E-state index in [0.29, 0.717) is 27.9 Å². The van der Waals surface area contributed by atoms with Gasteiger partial charge in [0.25, 0.3) is 0 Å². The lowest BCUT2D eigenvalue weighted by molar-refractivity contribution is 0.629. The van der Waals surface area contributed by atoms with E-state index in [1.165, 1.54) is 17.8 Å². The molecule has 0 atom stereocenters. The zero-order chi connectivity index (χ0) is 20.2. The molecule has 0 aliphatic rings. The fraction of sp³-hybridized carbons (Fsp3) is 0.0870. The molecule has 142 valence electrons. The summed E-state index contributed by atoms with van der Waals surface area (Å²) in [6, 6.07) is 24.2. The Bertz CT molecular complexity index is 1190. The van der Waals surface area contributed by atoms with Crippen molar-refractivity contribution < 1.29 is 4.39 Å². The topological polar surface area (TPSA) is 54.5 Å². The predicted octanol–water partition coefficient (Wildman–Crippen LogP) is 5.55. The third-order valence-corrected chi connectivity index (χ3v) is 5.51. The van der Waals surface area contributed by atoms with Gasteiger partial charge in [-0.15, -0.1) is 10.2 Å². The minimum Gasteiger partial charge on any atom is -0.270 e. The molecule has 4 aromatic rings. The van der Waals surface area contributed by atoms with Crippen molar-refractivity contribution in [2.24, 2.45) is 0 Å². The van der Waals surface area contributed by atoms with Gasteiger partial charge in [-0.3, -0.25) is 4.57 Å². The molecule has 0 radical (unpaired) electrons. The lowest BCUT2D eigenvalue weighted by Gasteiger charge is -2.11. The van der Waals surface area contributed by atoms with Crippen LogP contribution in [0.25, 0.3) is 17.1 Å². The highest BCUT2D eigenvalue weighted by atomic mass is 32.2. The summed E-state index contributed by atoms with van der Waals surface area (Å²) in [7, 11) is 0. The van der Waals surface area contributed by atoms with E-state index in [9.17, 15) is 9.65 Å². The Kier molecular flexibility index (Phi) is 5.41. The van der Waals surface area contributed by atoms with Crippen molar-refractivity contribution in [3.05, 3.63) is 95.3 Å². The van der Waals surface area contributed by atoms with E-state index in [4.69, 9.17) is 0 Å². The van der Waals surface area contributed by atoms with E-state index in [1.54, 1.807) is 24.3 Å². The first-order valence-corrected chi connectivity index (χ1v) is 10.0. The lowest BCUT2D eigenvalue weighted by Crippen LogP contribution is -2.01. The smallest absolute Gasteiger partial charge is 0.196 e. The normalized spacial score (nSPS) is 10.7. The van der Waals surface area contributed by atoms with Gasteiger partial charge < -0.3 is 0 Å². The Morgan fingerprint density at radius 1 is 0.966 bits per heavy atom. The second kappa shape index (κ2) is 8.29. The summed E-state index contributed by atoms with van der Waals surface area (Å²) in [6.07, 6.45) is 0. The van der Waals surface area contributed by atoms with Crippen LogP contribution in [0.1, 0.15) is 16.7 Å². The highest BCUT2D eigenvalue weighted by molar-refractivity contribution is 7.98. The molecule has 0 fully saturated rings. The maximum Gasteiger partial charge on any atom is 0.196 e. The SMILES string of the molecule is Cc1ccc(-n2c(SCc3ccccc3C#N)nnc2-c2ccccc2F)cc1. The molecule has 0 bridgehead atoms. The molecular formula is C23H17FN4S. The van der Waals surface area contributed by atoms with E-state index in [1.807, 2.05) is 54.0 Å². The van der Waals surface area contributed by atoms with Gasteiger partial charge in [0.15, 0.2) is 11.0 Å². The number of aryl methyl sites for hydroxylation is 1. The largest absolute Gasteiger partial charge is 0.270 e. The Hall–Kier alpha value is -3.43. The maximum absolute atomic E-state index is 14.5. The van der Waals surface area contributed by atoms with Gasteiger partial charge in [0.1, 0.15) is 5.82 Å². The van der Waals surface area contributed by atoms with E-state index in [-0.39, 0.29) is 5.82 Å². The second-order valence-corrected chi connectivity index (χ2v) is 7.46. The van der Waals surface area contributed by atoms with Gasteiger partial charge in [-0.1, -0.05) is 59.8 Å². The Morgan fingerprint density at radius 2 is 1.69 bits per heavy atom. The zero-order valence-corrected chi connectivity index (χ0v) is 16.5. The molecule has 0 saturated carbocycles. The number of benzene rings is 3. The number of nitriles is 1. The average Bonchev–Trinajstić information content (AvgIpc) is 3.17. The molecule has 0 N–H and O–H groups in total. The van der Waals surface area contributed by atoms with Crippen molar-refractivity contribution in [2.45, 2.75) is 17.8 Å². The van der Waals surface area contributed by atoms with Gasteiger partial charge in [-0.25, -0.2) is 4.39 Å². The van der Waals surface area contributed by atoms with Crippen LogP contribution in [0.5, 0.6) is 0 Å². The predicted molar refractivity (Wildman–Crippen MR) is 112 cm³/mol. The van der Waals surface area contributed by atoms with Crippen LogP contribution in [0.3, 0.4) is 0 Å². The van der Waals surface area contributed by atoms with Gasteiger partial charge in [-0.2, -0.15) is 5.26 Å². The second-order valence-electron chi connectivity index (χ2n) is 6.51. The monoisotopic (exact) mass is 400 g/mol. The summed E-state index contributed by atoms with van der Waals surface area (Å²) in [5.41, 5.74) is 3.94.